The van der Waals surface area contributed by atoms with E-state index in [0.717, 1.165) is 6.42 Å². The molecule has 1 aliphatic rings. The highest BCUT2D eigenvalue weighted by molar-refractivity contribution is 5.90. The Morgan fingerprint density at radius 3 is 2.59 bits per heavy atom. The Balaban J connectivity index is 2.88. The standard InChI is InChI=1S/C13H22O4/c1-6-16-12(14)11-9(4)17-13(15-5)10(11)7-8(2)3/h8,10,13H,6-7H2,1-5H3. The van der Waals surface area contributed by atoms with Crippen LogP contribution in [-0.2, 0) is 19.0 Å². The average Bonchev–Trinajstić information content (AvgIpc) is 2.54. The maximum Gasteiger partial charge on any atom is 0.337 e. The normalized spacial score (nSPS) is 24.1. The van der Waals surface area contributed by atoms with Crippen molar-refractivity contribution in [1.82, 2.24) is 0 Å². The van der Waals surface area contributed by atoms with Crippen LogP contribution in [0, 0.1) is 11.8 Å². The molecule has 4 nitrogen and oxygen atoms in total. The molecule has 0 N–H and O–H groups in total. The van der Waals surface area contributed by atoms with Gasteiger partial charge in [0, 0.05) is 7.11 Å². The molecule has 2 atom stereocenters. The minimum Gasteiger partial charge on any atom is -0.468 e. The van der Waals surface area contributed by atoms with Crippen molar-refractivity contribution in [3.8, 4) is 0 Å². The molecule has 0 radical (unpaired) electrons. The maximum absolute atomic E-state index is 11.9. The summed E-state index contributed by atoms with van der Waals surface area (Å²) >= 11 is 0. The van der Waals surface area contributed by atoms with Crippen LogP contribution in [0.3, 0.4) is 0 Å². The Hall–Kier alpha value is -1.03. The fraction of sp³-hybridized carbons (Fsp3) is 0.769. The zero-order chi connectivity index (χ0) is 13.0. The lowest BCUT2D eigenvalue weighted by Crippen LogP contribution is -2.25. The topological polar surface area (TPSA) is 44.8 Å². The lowest BCUT2D eigenvalue weighted by Gasteiger charge is -2.20. The summed E-state index contributed by atoms with van der Waals surface area (Å²) in [4.78, 5) is 11.9. The molecule has 0 aromatic heterocycles. The van der Waals surface area contributed by atoms with Crippen molar-refractivity contribution in [2.75, 3.05) is 13.7 Å². The molecular weight excluding hydrogens is 220 g/mol. The van der Waals surface area contributed by atoms with E-state index in [1.165, 1.54) is 0 Å². The molecule has 0 saturated heterocycles. The molecule has 98 valence electrons. The number of ether oxygens (including phenoxy) is 3. The smallest absolute Gasteiger partial charge is 0.337 e. The molecule has 0 aromatic carbocycles. The molecule has 2 unspecified atom stereocenters. The SMILES string of the molecule is CCOC(=O)C1=C(C)OC(OC)C1CC(C)C. The monoisotopic (exact) mass is 242 g/mol. The van der Waals surface area contributed by atoms with Gasteiger partial charge in [-0.3, -0.25) is 0 Å². The van der Waals surface area contributed by atoms with E-state index in [9.17, 15) is 4.79 Å². The van der Waals surface area contributed by atoms with Crippen LogP contribution >= 0.6 is 0 Å². The first-order valence-corrected chi connectivity index (χ1v) is 6.08. The van der Waals surface area contributed by atoms with E-state index in [4.69, 9.17) is 14.2 Å². The second-order valence-corrected chi connectivity index (χ2v) is 4.65. The van der Waals surface area contributed by atoms with Gasteiger partial charge in [0.2, 0.25) is 6.29 Å². The summed E-state index contributed by atoms with van der Waals surface area (Å²) in [5, 5.41) is 0. The average molecular weight is 242 g/mol. The van der Waals surface area contributed by atoms with E-state index in [2.05, 4.69) is 13.8 Å². The van der Waals surface area contributed by atoms with Crippen LogP contribution in [0.2, 0.25) is 0 Å². The van der Waals surface area contributed by atoms with Gasteiger partial charge in [0.25, 0.3) is 0 Å². The first-order chi connectivity index (χ1) is 8.01. The third kappa shape index (κ3) is 3.22. The molecule has 1 aliphatic heterocycles. The predicted molar refractivity (Wildman–Crippen MR) is 64.2 cm³/mol. The number of hydrogen-bond donors (Lipinski definition) is 0. The van der Waals surface area contributed by atoms with E-state index in [0.29, 0.717) is 23.9 Å². The fourth-order valence-electron chi connectivity index (χ4n) is 2.17. The molecule has 1 rings (SSSR count). The lowest BCUT2D eigenvalue weighted by molar-refractivity contribution is -0.140. The number of carbonyl (C=O) groups is 1. The molecule has 0 fully saturated rings. The molecule has 0 saturated carbocycles. The number of hydrogen-bond acceptors (Lipinski definition) is 4. The summed E-state index contributed by atoms with van der Waals surface area (Å²) < 4.78 is 15.9. The predicted octanol–water partition coefficient (Wildman–Crippen LogP) is 2.49. The molecule has 0 bridgehead atoms. The number of esters is 1. The van der Waals surface area contributed by atoms with Gasteiger partial charge in [0.05, 0.1) is 18.1 Å². The molecule has 0 aliphatic carbocycles. The molecule has 4 heteroatoms. The van der Waals surface area contributed by atoms with Gasteiger partial charge >= 0.3 is 5.97 Å². The van der Waals surface area contributed by atoms with Gasteiger partial charge in [-0.1, -0.05) is 13.8 Å². The number of rotatable bonds is 5. The van der Waals surface area contributed by atoms with Crippen LogP contribution < -0.4 is 0 Å². The third-order valence-electron chi connectivity index (χ3n) is 2.82. The maximum atomic E-state index is 11.9. The van der Waals surface area contributed by atoms with Crippen LogP contribution in [-0.4, -0.2) is 26.0 Å². The van der Waals surface area contributed by atoms with Gasteiger partial charge in [-0.25, -0.2) is 4.79 Å². The highest BCUT2D eigenvalue weighted by Crippen LogP contribution is 2.36. The van der Waals surface area contributed by atoms with Gasteiger partial charge in [0.15, 0.2) is 0 Å². The van der Waals surface area contributed by atoms with E-state index in [-0.39, 0.29) is 18.2 Å². The minimum atomic E-state index is -0.364. The van der Waals surface area contributed by atoms with Crippen LogP contribution in [0.5, 0.6) is 0 Å². The lowest BCUT2D eigenvalue weighted by atomic mass is 9.90. The van der Waals surface area contributed by atoms with E-state index >= 15 is 0 Å². The summed E-state index contributed by atoms with van der Waals surface area (Å²) in [6, 6.07) is 0. The van der Waals surface area contributed by atoms with Crippen LogP contribution in [0.15, 0.2) is 11.3 Å². The second kappa shape index (κ2) is 6.05. The Morgan fingerprint density at radius 1 is 1.47 bits per heavy atom. The van der Waals surface area contributed by atoms with Crippen molar-refractivity contribution in [3.05, 3.63) is 11.3 Å². The highest BCUT2D eigenvalue weighted by atomic mass is 16.7. The Morgan fingerprint density at radius 2 is 2.12 bits per heavy atom. The Labute approximate surface area is 103 Å². The van der Waals surface area contributed by atoms with Crippen molar-refractivity contribution >= 4 is 5.97 Å². The van der Waals surface area contributed by atoms with Gasteiger partial charge in [-0.15, -0.1) is 0 Å². The van der Waals surface area contributed by atoms with Gasteiger partial charge < -0.3 is 14.2 Å². The van der Waals surface area contributed by atoms with E-state index < -0.39 is 0 Å². The van der Waals surface area contributed by atoms with Crippen molar-refractivity contribution < 1.29 is 19.0 Å². The largest absolute Gasteiger partial charge is 0.468 e. The highest BCUT2D eigenvalue weighted by Gasteiger charge is 2.39. The van der Waals surface area contributed by atoms with Crippen molar-refractivity contribution in [2.45, 2.75) is 40.4 Å². The first kappa shape index (κ1) is 14.0. The fourth-order valence-corrected chi connectivity index (χ4v) is 2.17. The summed E-state index contributed by atoms with van der Waals surface area (Å²) in [6.07, 6.45) is 0.487. The summed E-state index contributed by atoms with van der Waals surface area (Å²) in [7, 11) is 1.60. The first-order valence-electron chi connectivity index (χ1n) is 6.08. The minimum absolute atomic E-state index is 0.0287. The number of carbonyl (C=O) groups excluding carboxylic acids is 1. The van der Waals surface area contributed by atoms with Crippen molar-refractivity contribution in [2.24, 2.45) is 11.8 Å². The van der Waals surface area contributed by atoms with Crippen LogP contribution in [0.25, 0.3) is 0 Å². The molecular formula is C13H22O4. The van der Waals surface area contributed by atoms with Gasteiger partial charge in [-0.05, 0) is 26.2 Å². The van der Waals surface area contributed by atoms with E-state index in [1.54, 1.807) is 21.0 Å². The van der Waals surface area contributed by atoms with E-state index in [1.807, 2.05) is 0 Å². The van der Waals surface area contributed by atoms with Gasteiger partial charge in [-0.2, -0.15) is 0 Å². The zero-order valence-corrected chi connectivity index (χ0v) is 11.3. The molecule has 1 heterocycles. The van der Waals surface area contributed by atoms with Crippen LogP contribution in [0.4, 0.5) is 0 Å². The Bertz CT molecular complexity index is 307. The third-order valence-corrected chi connectivity index (χ3v) is 2.82. The van der Waals surface area contributed by atoms with Crippen molar-refractivity contribution in [3.63, 3.8) is 0 Å². The second-order valence-electron chi connectivity index (χ2n) is 4.65. The quantitative estimate of drug-likeness (QED) is 0.695. The van der Waals surface area contributed by atoms with Crippen molar-refractivity contribution in [1.29, 1.82) is 0 Å². The summed E-state index contributed by atoms with van der Waals surface area (Å²) in [6.45, 7) is 8.20. The molecule has 0 spiro atoms. The molecule has 0 amide bonds. The summed E-state index contributed by atoms with van der Waals surface area (Å²) in [5.74, 6) is 0.784. The van der Waals surface area contributed by atoms with Gasteiger partial charge in [0.1, 0.15) is 5.76 Å². The number of allylic oxidation sites excluding steroid dienone is 1. The zero-order valence-electron chi connectivity index (χ0n) is 11.3. The van der Waals surface area contributed by atoms with Crippen LogP contribution in [0.1, 0.15) is 34.1 Å². The number of methoxy groups -OCH3 is 1. The molecule has 17 heavy (non-hydrogen) atoms. The Kier molecular flexibility index (Phi) is 5.00. The molecule has 0 aromatic rings. The summed E-state index contributed by atoms with van der Waals surface area (Å²) in [5.41, 5.74) is 0.632.